The highest BCUT2D eigenvalue weighted by molar-refractivity contribution is 5.78. The molecule has 0 spiro atoms. The van der Waals surface area contributed by atoms with Crippen LogP contribution in [0.3, 0.4) is 0 Å². The van der Waals surface area contributed by atoms with Crippen LogP contribution in [0, 0.1) is 5.92 Å². The van der Waals surface area contributed by atoms with Crippen LogP contribution in [0.1, 0.15) is 24.8 Å². The Labute approximate surface area is 108 Å². The number of hydrogen-bond donors (Lipinski definition) is 1. The van der Waals surface area contributed by atoms with Gasteiger partial charge in [0.25, 0.3) is 0 Å². The van der Waals surface area contributed by atoms with Gasteiger partial charge >= 0.3 is 0 Å². The molecular weight excluding hydrogens is 226 g/mol. The third-order valence-corrected chi connectivity index (χ3v) is 3.24. The van der Waals surface area contributed by atoms with Crippen molar-refractivity contribution in [3.05, 3.63) is 42.0 Å². The minimum absolute atomic E-state index is 0.139. The summed E-state index contributed by atoms with van der Waals surface area (Å²) in [5, 5.41) is 2.99. The zero-order valence-corrected chi connectivity index (χ0v) is 10.7. The molecule has 1 aliphatic carbocycles. The standard InChI is InChI=1S/C15H19NO2/c1-18-14-9-5-6-12(10-14)11-16-15(17)13-7-3-2-4-8-13/h2-3,5-6,9-10,13H,4,7-8,11H2,1H3,(H,16,17)/t13-/m0/s1. The summed E-state index contributed by atoms with van der Waals surface area (Å²) in [7, 11) is 1.64. The summed E-state index contributed by atoms with van der Waals surface area (Å²) in [6.45, 7) is 0.566. The zero-order chi connectivity index (χ0) is 12.8. The minimum atomic E-state index is 0.139. The summed E-state index contributed by atoms with van der Waals surface area (Å²) >= 11 is 0. The van der Waals surface area contributed by atoms with Crippen LogP contribution >= 0.6 is 0 Å². The van der Waals surface area contributed by atoms with Gasteiger partial charge in [-0.05, 0) is 37.0 Å². The van der Waals surface area contributed by atoms with E-state index < -0.39 is 0 Å². The van der Waals surface area contributed by atoms with Crippen molar-refractivity contribution in [1.82, 2.24) is 5.32 Å². The van der Waals surface area contributed by atoms with E-state index in [2.05, 4.69) is 17.5 Å². The van der Waals surface area contributed by atoms with E-state index in [0.29, 0.717) is 6.54 Å². The van der Waals surface area contributed by atoms with Crippen molar-refractivity contribution < 1.29 is 9.53 Å². The average molecular weight is 245 g/mol. The number of carbonyl (C=O) groups is 1. The lowest BCUT2D eigenvalue weighted by Gasteiger charge is -2.17. The summed E-state index contributed by atoms with van der Waals surface area (Å²) < 4.78 is 5.16. The number of rotatable bonds is 4. The Morgan fingerprint density at radius 1 is 1.44 bits per heavy atom. The van der Waals surface area contributed by atoms with E-state index in [4.69, 9.17) is 4.74 Å². The van der Waals surface area contributed by atoms with E-state index in [1.165, 1.54) is 0 Å². The van der Waals surface area contributed by atoms with Gasteiger partial charge < -0.3 is 10.1 Å². The second-order valence-corrected chi connectivity index (χ2v) is 4.55. The van der Waals surface area contributed by atoms with Crippen molar-refractivity contribution in [2.45, 2.75) is 25.8 Å². The first-order valence-electron chi connectivity index (χ1n) is 6.35. The van der Waals surface area contributed by atoms with Crippen LogP contribution in [0.4, 0.5) is 0 Å². The third-order valence-electron chi connectivity index (χ3n) is 3.24. The van der Waals surface area contributed by atoms with E-state index in [0.717, 1.165) is 30.6 Å². The van der Waals surface area contributed by atoms with Crippen molar-refractivity contribution in [2.75, 3.05) is 7.11 Å². The van der Waals surface area contributed by atoms with E-state index in [1.54, 1.807) is 7.11 Å². The number of nitrogens with one attached hydrogen (secondary N) is 1. The Morgan fingerprint density at radius 3 is 3.06 bits per heavy atom. The molecule has 1 aromatic carbocycles. The van der Waals surface area contributed by atoms with Crippen molar-refractivity contribution in [3.63, 3.8) is 0 Å². The molecule has 0 heterocycles. The van der Waals surface area contributed by atoms with Crippen LogP contribution in [0.15, 0.2) is 36.4 Å². The number of allylic oxidation sites excluding steroid dienone is 2. The normalized spacial score (nSPS) is 18.4. The Bertz CT molecular complexity index is 440. The molecule has 0 radical (unpaired) electrons. The maximum absolute atomic E-state index is 11.9. The fourth-order valence-corrected chi connectivity index (χ4v) is 2.15. The number of carbonyl (C=O) groups excluding carboxylic acids is 1. The molecule has 1 atom stereocenters. The van der Waals surface area contributed by atoms with Gasteiger partial charge in [0.1, 0.15) is 5.75 Å². The van der Waals surface area contributed by atoms with E-state index in [9.17, 15) is 4.79 Å². The molecule has 0 fully saturated rings. The van der Waals surface area contributed by atoms with Crippen LogP contribution in [0.2, 0.25) is 0 Å². The van der Waals surface area contributed by atoms with Crippen molar-refractivity contribution in [2.24, 2.45) is 5.92 Å². The number of ether oxygens (including phenoxy) is 1. The maximum Gasteiger partial charge on any atom is 0.223 e. The van der Waals surface area contributed by atoms with Gasteiger partial charge in [-0.15, -0.1) is 0 Å². The van der Waals surface area contributed by atoms with Gasteiger partial charge in [-0.2, -0.15) is 0 Å². The Kier molecular flexibility index (Phi) is 4.40. The molecule has 3 nitrogen and oxygen atoms in total. The number of methoxy groups -OCH3 is 1. The van der Waals surface area contributed by atoms with Gasteiger partial charge in [0.05, 0.1) is 7.11 Å². The smallest absolute Gasteiger partial charge is 0.223 e. The Hall–Kier alpha value is -1.77. The minimum Gasteiger partial charge on any atom is -0.497 e. The highest BCUT2D eigenvalue weighted by Crippen LogP contribution is 2.18. The molecule has 1 aromatic rings. The molecule has 0 aromatic heterocycles. The molecule has 18 heavy (non-hydrogen) atoms. The highest BCUT2D eigenvalue weighted by Gasteiger charge is 2.17. The van der Waals surface area contributed by atoms with Gasteiger partial charge in [-0.1, -0.05) is 24.3 Å². The molecular formula is C15H19NO2. The second kappa shape index (κ2) is 6.24. The molecule has 0 bridgehead atoms. The third kappa shape index (κ3) is 3.36. The van der Waals surface area contributed by atoms with Crippen molar-refractivity contribution in [1.29, 1.82) is 0 Å². The van der Waals surface area contributed by atoms with Crippen molar-refractivity contribution >= 4 is 5.91 Å². The van der Waals surface area contributed by atoms with Crippen LogP contribution < -0.4 is 10.1 Å². The highest BCUT2D eigenvalue weighted by atomic mass is 16.5. The molecule has 1 amide bonds. The zero-order valence-electron chi connectivity index (χ0n) is 10.7. The van der Waals surface area contributed by atoms with Crippen molar-refractivity contribution in [3.8, 4) is 5.75 Å². The summed E-state index contributed by atoms with van der Waals surface area (Å²) in [5.74, 6) is 1.12. The lowest BCUT2D eigenvalue weighted by atomic mass is 9.93. The number of amides is 1. The van der Waals surface area contributed by atoms with Crippen LogP contribution in [0.25, 0.3) is 0 Å². The molecule has 0 aliphatic heterocycles. The molecule has 1 aliphatic rings. The van der Waals surface area contributed by atoms with Gasteiger partial charge in [-0.25, -0.2) is 0 Å². The predicted molar refractivity (Wildman–Crippen MR) is 71.3 cm³/mol. The fraction of sp³-hybridized carbons (Fsp3) is 0.400. The van der Waals surface area contributed by atoms with Crippen LogP contribution in [-0.4, -0.2) is 13.0 Å². The fourth-order valence-electron chi connectivity index (χ4n) is 2.15. The first-order valence-corrected chi connectivity index (χ1v) is 6.35. The van der Waals surface area contributed by atoms with Gasteiger partial charge in [0.2, 0.25) is 5.91 Å². The lowest BCUT2D eigenvalue weighted by Crippen LogP contribution is -2.30. The lowest BCUT2D eigenvalue weighted by molar-refractivity contribution is -0.125. The first kappa shape index (κ1) is 12.7. The average Bonchev–Trinajstić information content (AvgIpc) is 2.46. The number of hydrogen-bond acceptors (Lipinski definition) is 2. The Morgan fingerprint density at radius 2 is 2.33 bits per heavy atom. The Balaban J connectivity index is 1.86. The first-order chi connectivity index (χ1) is 8.79. The monoisotopic (exact) mass is 245 g/mol. The molecule has 96 valence electrons. The molecule has 3 heteroatoms. The topological polar surface area (TPSA) is 38.3 Å². The molecule has 2 rings (SSSR count). The summed E-state index contributed by atoms with van der Waals surface area (Å²) in [6.07, 6.45) is 7.08. The summed E-state index contributed by atoms with van der Waals surface area (Å²) in [6, 6.07) is 7.77. The van der Waals surface area contributed by atoms with E-state index in [-0.39, 0.29) is 11.8 Å². The quantitative estimate of drug-likeness (QED) is 0.828. The predicted octanol–water partition coefficient (Wildman–Crippen LogP) is 2.67. The van der Waals surface area contributed by atoms with Gasteiger partial charge in [0.15, 0.2) is 0 Å². The summed E-state index contributed by atoms with van der Waals surface area (Å²) in [4.78, 5) is 11.9. The van der Waals surface area contributed by atoms with E-state index >= 15 is 0 Å². The maximum atomic E-state index is 11.9. The molecule has 0 saturated carbocycles. The second-order valence-electron chi connectivity index (χ2n) is 4.55. The number of benzene rings is 1. The van der Waals surface area contributed by atoms with Crippen LogP contribution in [0.5, 0.6) is 5.75 Å². The van der Waals surface area contributed by atoms with Crippen LogP contribution in [-0.2, 0) is 11.3 Å². The largest absolute Gasteiger partial charge is 0.497 e. The SMILES string of the molecule is COc1cccc(CNC(=O)[C@H]2CC=CCC2)c1. The molecule has 0 saturated heterocycles. The molecule has 1 N–H and O–H groups in total. The van der Waals surface area contributed by atoms with Gasteiger partial charge in [-0.3, -0.25) is 4.79 Å². The molecule has 0 unspecified atom stereocenters. The summed E-state index contributed by atoms with van der Waals surface area (Å²) in [5.41, 5.74) is 1.06. The van der Waals surface area contributed by atoms with E-state index in [1.807, 2.05) is 24.3 Å². The van der Waals surface area contributed by atoms with Gasteiger partial charge in [0, 0.05) is 12.5 Å².